The fourth-order valence-corrected chi connectivity index (χ4v) is 1.83. The van der Waals surface area contributed by atoms with Crippen molar-refractivity contribution in [2.24, 2.45) is 0 Å². The van der Waals surface area contributed by atoms with Gasteiger partial charge in [0.05, 0.1) is 18.9 Å². The lowest BCUT2D eigenvalue weighted by molar-refractivity contribution is 0.173. The smallest absolute Gasteiger partial charge is 0.213 e. The van der Waals surface area contributed by atoms with Crippen molar-refractivity contribution in [1.29, 1.82) is 0 Å². The Morgan fingerprint density at radius 2 is 1.90 bits per heavy atom. The molecule has 20 heavy (non-hydrogen) atoms. The minimum atomic E-state index is -0.413. The van der Waals surface area contributed by atoms with Crippen molar-refractivity contribution >= 4 is 0 Å². The van der Waals surface area contributed by atoms with E-state index in [1.807, 2.05) is 43.3 Å². The van der Waals surface area contributed by atoms with E-state index in [1.54, 1.807) is 13.2 Å². The number of ether oxygens (including phenoxy) is 2. The van der Waals surface area contributed by atoms with E-state index in [1.165, 1.54) is 0 Å². The minimum Gasteiger partial charge on any atom is -0.487 e. The maximum atomic E-state index is 9.72. The van der Waals surface area contributed by atoms with E-state index < -0.39 is 6.10 Å². The molecule has 0 amide bonds. The Kier molecular flexibility index (Phi) is 4.96. The van der Waals surface area contributed by atoms with Gasteiger partial charge in [-0.25, -0.2) is 4.98 Å². The quantitative estimate of drug-likeness (QED) is 0.878. The molecule has 2 rings (SSSR count). The van der Waals surface area contributed by atoms with Gasteiger partial charge in [0.15, 0.2) is 0 Å². The Bertz CT molecular complexity index is 540. The lowest BCUT2D eigenvalue weighted by Crippen LogP contribution is -2.00. The first kappa shape index (κ1) is 14.3. The number of hydrogen-bond donors (Lipinski definition) is 1. The van der Waals surface area contributed by atoms with Crippen molar-refractivity contribution < 1.29 is 14.6 Å². The maximum Gasteiger partial charge on any atom is 0.213 e. The van der Waals surface area contributed by atoms with Gasteiger partial charge in [0.1, 0.15) is 12.4 Å². The number of benzene rings is 1. The van der Waals surface area contributed by atoms with Crippen molar-refractivity contribution in [2.75, 3.05) is 7.11 Å². The van der Waals surface area contributed by atoms with Gasteiger partial charge in [-0.1, -0.05) is 25.1 Å². The molecule has 0 unspecified atom stereocenters. The summed E-state index contributed by atoms with van der Waals surface area (Å²) in [6, 6.07) is 13.0. The summed E-state index contributed by atoms with van der Waals surface area (Å²) in [5.41, 5.74) is 1.71. The number of aliphatic hydroxyl groups excluding tert-OH is 1. The average molecular weight is 273 g/mol. The maximum absolute atomic E-state index is 9.72. The monoisotopic (exact) mass is 273 g/mol. The molecule has 1 aromatic heterocycles. The van der Waals surface area contributed by atoms with Gasteiger partial charge in [-0.05, 0) is 30.2 Å². The molecule has 4 nitrogen and oxygen atoms in total. The van der Waals surface area contributed by atoms with E-state index in [-0.39, 0.29) is 0 Å². The van der Waals surface area contributed by atoms with Crippen LogP contribution in [-0.4, -0.2) is 17.2 Å². The summed E-state index contributed by atoms with van der Waals surface area (Å²) in [5.74, 6) is 1.33. The highest BCUT2D eigenvalue weighted by Crippen LogP contribution is 2.20. The zero-order chi connectivity index (χ0) is 14.4. The molecule has 0 bridgehead atoms. The summed E-state index contributed by atoms with van der Waals surface area (Å²) in [4.78, 5) is 4.28. The van der Waals surface area contributed by atoms with Crippen molar-refractivity contribution in [3.05, 3.63) is 53.7 Å². The van der Waals surface area contributed by atoms with Crippen LogP contribution in [-0.2, 0) is 6.61 Å². The number of aromatic nitrogens is 1. The van der Waals surface area contributed by atoms with Crippen LogP contribution in [0.5, 0.6) is 11.6 Å². The molecule has 0 aliphatic carbocycles. The molecule has 0 saturated heterocycles. The molecular weight excluding hydrogens is 254 g/mol. The van der Waals surface area contributed by atoms with Gasteiger partial charge in [-0.15, -0.1) is 0 Å². The van der Waals surface area contributed by atoms with Crippen LogP contribution in [0.2, 0.25) is 0 Å². The van der Waals surface area contributed by atoms with Crippen molar-refractivity contribution in [2.45, 2.75) is 26.1 Å². The normalized spacial score (nSPS) is 11.9. The first-order valence-electron chi connectivity index (χ1n) is 6.63. The average Bonchev–Trinajstić information content (AvgIpc) is 2.53. The highest BCUT2D eigenvalue weighted by molar-refractivity contribution is 5.28. The molecule has 1 N–H and O–H groups in total. The Labute approximate surface area is 119 Å². The Balaban J connectivity index is 1.96. The number of hydrogen-bond acceptors (Lipinski definition) is 4. The van der Waals surface area contributed by atoms with Gasteiger partial charge in [0.2, 0.25) is 5.88 Å². The zero-order valence-electron chi connectivity index (χ0n) is 11.7. The van der Waals surface area contributed by atoms with Crippen LogP contribution < -0.4 is 9.47 Å². The number of rotatable bonds is 6. The molecule has 0 spiro atoms. The second kappa shape index (κ2) is 6.91. The summed E-state index contributed by atoms with van der Waals surface area (Å²) in [7, 11) is 1.59. The first-order valence-corrected chi connectivity index (χ1v) is 6.63. The van der Waals surface area contributed by atoms with Crippen molar-refractivity contribution in [3.8, 4) is 11.6 Å². The predicted octanol–water partition coefficient (Wildman–Crippen LogP) is 3.11. The molecule has 1 heterocycles. The molecule has 0 saturated carbocycles. The van der Waals surface area contributed by atoms with Crippen LogP contribution in [0.25, 0.3) is 0 Å². The third-order valence-electron chi connectivity index (χ3n) is 3.03. The Morgan fingerprint density at radius 1 is 1.15 bits per heavy atom. The second-order valence-electron chi connectivity index (χ2n) is 4.45. The van der Waals surface area contributed by atoms with Gasteiger partial charge < -0.3 is 14.6 Å². The molecule has 0 radical (unpaired) electrons. The Hall–Kier alpha value is -2.07. The summed E-state index contributed by atoms with van der Waals surface area (Å²) in [6.07, 6.45) is 0.289. The van der Waals surface area contributed by atoms with Gasteiger partial charge >= 0.3 is 0 Å². The molecule has 4 heteroatoms. The van der Waals surface area contributed by atoms with Crippen LogP contribution in [0.4, 0.5) is 0 Å². The molecule has 0 aliphatic heterocycles. The fraction of sp³-hybridized carbons (Fsp3) is 0.312. The number of pyridine rings is 1. The molecule has 0 aliphatic rings. The zero-order valence-corrected chi connectivity index (χ0v) is 11.7. The van der Waals surface area contributed by atoms with Gasteiger partial charge in [0.25, 0.3) is 0 Å². The molecular formula is C16H19NO3. The summed E-state index contributed by atoms with van der Waals surface area (Å²) in [6.45, 7) is 2.33. The van der Waals surface area contributed by atoms with Crippen LogP contribution in [0.15, 0.2) is 42.5 Å². The van der Waals surface area contributed by atoms with E-state index in [0.29, 0.717) is 18.9 Å². The second-order valence-corrected chi connectivity index (χ2v) is 4.45. The van der Waals surface area contributed by atoms with Crippen LogP contribution in [0, 0.1) is 0 Å². The molecule has 1 atom stereocenters. The number of nitrogens with zero attached hydrogens (tertiary/aromatic N) is 1. The molecule has 106 valence electrons. The largest absolute Gasteiger partial charge is 0.487 e. The van der Waals surface area contributed by atoms with E-state index in [9.17, 15) is 5.11 Å². The van der Waals surface area contributed by atoms with Crippen LogP contribution >= 0.6 is 0 Å². The van der Waals surface area contributed by atoms with Gasteiger partial charge in [-0.3, -0.25) is 0 Å². The predicted molar refractivity (Wildman–Crippen MR) is 76.8 cm³/mol. The summed E-state index contributed by atoms with van der Waals surface area (Å²) < 4.78 is 10.7. The lowest BCUT2D eigenvalue weighted by Gasteiger charge is -2.10. The van der Waals surface area contributed by atoms with E-state index in [4.69, 9.17) is 9.47 Å². The molecule has 1 aromatic carbocycles. The van der Waals surface area contributed by atoms with Crippen molar-refractivity contribution in [3.63, 3.8) is 0 Å². The summed E-state index contributed by atoms with van der Waals surface area (Å²) >= 11 is 0. The highest BCUT2D eigenvalue weighted by atomic mass is 16.5. The standard InChI is InChI=1S/C16H19NO3/c1-3-15(18)12-7-9-14(10-8-12)20-11-13-5-4-6-16(17-13)19-2/h4-10,15,18H,3,11H2,1-2H3/t15-/m1/s1. The van der Waals surface area contributed by atoms with Gasteiger partial charge in [-0.2, -0.15) is 0 Å². The number of methoxy groups -OCH3 is 1. The van der Waals surface area contributed by atoms with Gasteiger partial charge in [0, 0.05) is 6.07 Å². The number of aliphatic hydroxyl groups is 1. The third-order valence-corrected chi connectivity index (χ3v) is 3.03. The fourth-order valence-electron chi connectivity index (χ4n) is 1.83. The van der Waals surface area contributed by atoms with E-state index >= 15 is 0 Å². The minimum absolute atomic E-state index is 0.382. The van der Waals surface area contributed by atoms with Crippen LogP contribution in [0.1, 0.15) is 30.7 Å². The van der Waals surface area contributed by atoms with E-state index in [2.05, 4.69) is 4.98 Å². The highest BCUT2D eigenvalue weighted by Gasteiger charge is 2.05. The SMILES string of the molecule is CC[C@@H](O)c1ccc(OCc2cccc(OC)n2)cc1. The lowest BCUT2D eigenvalue weighted by atomic mass is 10.1. The Morgan fingerprint density at radius 3 is 2.55 bits per heavy atom. The van der Waals surface area contributed by atoms with E-state index in [0.717, 1.165) is 17.0 Å². The first-order chi connectivity index (χ1) is 9.72. The topological polar surface area (TPSA) is 51.6 Å². The van der Waals surface area contributed by atoms with Crippen molar-refractivity contribution in [1.82, 2.24) is 4.98 Å². The summed E-state index contributed by atoms with van der Waals surface area (Å²) in [5, 5.41) is 9.72. The third kappa shape index (κ3) is 3.71. The molecule has 2 aromatic rings. The molecule has 0 fully saturated rings. The van der Waals surface area contributed by atoms with Crippen LogP contribution in [0.3, 0.4) is 0 Å².